The van der Waals surface area contributed by atoms with Gasteiger partial charge >= 0.3 is 11.9 Å². The lowest BCUT2D eigenvalue weighted by Crippen LogP contribution is -2.45. The smallest absolute Gasteiger partial charge is 0.344 e. The molecule has 0 fully saturated rings. The fraction of sp³-hybridized carbons (Fsp3) is 0.467. The lowest BCUT2D eigenvalue weighted by atomic mass is 10.1. The van der Waals surface area contributed by atoms with Crippen molar-refractivity contribution in [2.45, 2.75) is 45.4 Å². The second-order valence-electron chi connectivity index (χ2n) is 4.98. The molecule has 1 aromatic rings. The number of carboxylic acids is 1. The predicted molar refractivity (Wildman–Crippen MR) is 75.4 cm³/mol. The van der Waals surface area contributed by atoms with E-state index in [2.05, 4.69) is 5.32 Å². The number of carbonyl (C=O) groups is 2. The molecule has 5 nitrogen and oxygen atoms in total. The summed E-state index contributed by atoms with van der Waals surface area (Å²) in [5, 5.41) is 11.9. The van der Waals surface area contributed by atoms with Crippen LogP contribution in [0.25, 0.3) is 0 Å². The van der Waals surface area contributed by atoms with Crippen LogP contribution in [0.2, 0.25) is 0 Å². The molecule has 5 heteroatoms. The number of aliphatic carboxylic acids is 1. The van der Waals surface area contributed by atoms with Crippen molar-refractivity contribution in [3.63, 3.8) is 0 Å². The summed E-state index contributed by atoms with van der Waals surface area (Å²) in [4.78, 5) is 22.8. The summed E-state index contributed by atoms with van der Waals surface area (Å²) in [6.45, 7) is 5.19. The minimum Gasteiger partial charge on any atom is -0.479 e. The third-order valence-electron chi connectivity index (χ3n) is 2.74. The summed E-state index contributed by atoms with van der Waals surface area (Å²) >= 11 is 0. The number of hydrogen-bond donors (Lipinski definition) is 2. The molecule has 1 unspecified atom stereocenters. The number of nitrogens with one attached hydrogen (secondary N) is 1. The molecule has 2 N–H and O–H groups in total. The number of carboxylic acid groups (broad SMARTS) is 1. The molecule has 0 heterocycles. The number of benzene rings is 1. The van der Waals surface area contributed by atoms with Gasteiger partial charge in [0.15, 0.2) is 6.10 Å². The van der Waals surface area contributed by atoms with E-state index in [9.17, 15) is 9.59 Å². The first-order chi connectivity index (χ1) is 9.40. The maximum absolute atomic E-state index is 12.0. The van der Waals surface area contributed by atoms with E-state index in [0.717, 1.165) is 5.56 Å². The van der Waals surface area contributed by atoms with Gasteiger partial charge in [-0.2, -0.15) is 0 Å². The standard InChI is InChI=1S/C15H21NO4/c1-10(2)16-13(9-12-7-5-4-6-8-12)15(19)20-11(3)14(17)18/h4-8,10-11,13,16H,9H2,1-3H3,(H,17,18)/t11?,13-/m0/s1. The third-order valence-corrected chi connectivity index (χ3v) is 2.74. The molecular formula is C15H21NO4. The van der Waals surface area contributed by atoms with Gasteiger partial charge in [-0.25, -0.2) is 4.79 Å². The highest BCUT2D eigenvalue weighted by molar-refractivity contribution is 5.81. The molecule has 110 valence electrons. The maximum Gasteiger partial charge on any atom is 0.344 e. The largest absolute Gasteiger partial charge is 0.479 e. The predicted octanol–water partition coefficient (Wildman–Crippen LogP) is 1.61. The van der Waals surface area contributed by atoms with Crippen LogP contribution in [0, 0.1) is 0 Å². The van der Waals surface area contributed by atoms with Crippen molar-refractivity contribution in [1.82, 2.24) is 5.32 Å². The molecule has 2 atom stereocenters. The Bertz CT molecular complexity index is 444. The molecule has 0 aliphatic carbocycles. The van der Waals surface area contributed by atoms with Crippen molar-refractivity contribution in [2.75, 3.05) is 0 Å². The lowest BCUT2D eigenvalue weighted by Gasteiger charge is -2.21. The first kappa shape index (κ1) is 16.2. The van der Waals surface area contributed by atoms with Gasteiger partial charge in [-0.15, -0.1) is 0 Å². The Hall–Kier alpha value is -1.88. The monoisotopic (exact) mass is 279 g/mol. The van der Waals surface area contributed by atoms with Gasteiger partial charge in [-0.3, -0.25) is 4.79 Å². The number of esters is 1. The van der Waals surface area contributed by atoms with Crippen LogP contribution in [0.3, 0.4) is 0 Å². The third kappa shape index (κ3) is 5.40. The lowest BCUT2D eigenvalue weighted by molar-refractivity contribution is -0.164. The number of carbonyl (C=O) groups excluding carboxylic acids is 1. The zero-order valence-corrected chi connectivity index (χ0v) is 12.0. The molecule has 1 aromatic carbocycles. The van der Waals surface area contributed by atoms with Gasteiger partial charge in [0.05, 0.1) is 0 Å². The quantitative estimate of drug-likeness (QED) is 0.742. The highest BCUT2D eigenvalue weighted by atomic mass is 16.6. The van der Waals surface area contributed by atoms with Gasteiger partial charge in [0.1, 0.15) is 6.04 Å². The first-order valence-electron chi connectivity index (χ1n) is 6.63. The SMILES string of the molecule is CC(C)N[C@@H](Cc1ccccc1)C(=O)OC(C)C(=O)O. The molecule has 0 aliphatic rings. The fourth-order valence-corrected chi connectivity index (χ4v) is 1.77. The Morgan fingerprint density at radius 2 is 1.80 bits per heavy atom. The summed E-state index contributed by atoms with van der Waals surface area (Å²) in [7, 11) is 0. The van der Waals surface area contributed by atoms with Crippen LogP contribution in [0.5, 0.6) is 0 Å². The van der Waals surface area contributed by atoms with E-state index in [-0.39, 0.29) is 6.04 Å². The van der Waals surface area contributed by atoms with Crippen LogP contribution in [0.4, 0.5) is 0 Å². The van der Waals surface area contributed by atoms with Crippen LogP contribution in [0.15, 0.2) is 30.3 Å². The molecule has 0 radical (unpaired) electrons. The van der Waals surface area contributed by atoms with Gasteiger partial charge in [0, 0.05) is 6.04 Å². The summed E-state index contributed by atoms with van der Waals surface area (Å²) in [6, 6.07) is 9.07. The Labute approximate surface area is 118 Å². The molecule has 1 rings (SSSR count). The highest BCUT2D eigenvalue weighted by Gasteiger charge is 2.25. The van der Waals surface area contributed by atoms with Crippen molar-refractivity contribution in [3.05, 3.63) is 35.9 Å². The van der Waals surface area contributed by atoms with Crippen molar-refractivity contribution in [1.29, 1.82) is 0 Å². The molecule has 0 saturated carbocycles. The fourth-order valence-electron chi connectivity index (χ4n) is 1.77. The van der Waals surface area contributed by atoms with E-state index in [0.29, 0.717) is 6.42 Å². The van der Waals surface area contributed by atoms with Crippen molar-refractivity contribution in [3.8, 4) is 0 Å². The average Bonchev–Trinajstić information content (AvgIpc) is 2.38. The van der Waals surface area contributed by atoms with Crippen molar-refractivity contribution in [2.24, 2.45) is 0 Å². The summed E-state index contributed by atoms with van der Waals surface area (Å²) < 4.78 is 4.95. The van der Waals surface area contributed by atoms with E-state index in [1.54, 1.807) is 0 Å². The minimum atomic E-state index is -1.15. The molecular weight excluding hydrogens is 258 g/mol. The Balaban J connectivity index is 2.73. The van der Waals surface area contributed by atoms with E-state index >= 15 is 0 Å². The topological polar surface area (TPSA) is 75.6 Å². The summed E-state index contributed by atoms with van der Waals surface area (Å²) in [6.07, 6.45) is -0.681. The van der Waals surface area contributed by atoms with Gasteiger partial charge < -0.3 is 15.2 Å². The second kappa shape index (κ2) is 7.65. The summed E-state index contributed by atoms with van der Waals surface area (Å²) in [5.41, 5.74) is 0.991. The molecule has 20 heavy (non-hydrogen) atoms. The van der Waals surface area contributed by atoms with E-state index in [4.69, 9.17) is 9.84 Å². The van der Waals surface area contributed by atoms with Crippen LogP contribution in [-0.4, -0.2) is 35.2 Å². The maximum atomic E-state index is 12.0. The highest BCUT2D eigenvalue weighted by Crippen LogP contribution is 2.07. The number of rotatable bonds is 7. The molecule has 0 aromatic heterocycles. The van der Waals surface area contributed by atoms with Gasteiger partial charge in [-0.05, 0) is 18.9 Å². The van der Waals surface area contributed by atoms with Gasteiger partial charge in [-0.1, -0.05) is 44.2 Å². The van der Waals surface area contributed by atoms with E-state index in [1.165, 1.54) is 6.92 Å². The molecule has 0 aliphatic heterocycles. The van der Waals surface area contributed by atoms with Crippen LogP contribution in [0.1, 0.15) is 26.3 Å². The van der Waals surface area contributed by atoms with Crippen molar-refractivity contribution < 1.29 is 19.4 Å². The Kier molecular flexibility index (Phi) is 6.18. The van der Waals surface area contributed by atoms with Crippen LogP contribution >= 0.6 is 0 Å². The minimum absolute atomic E-state index is 0.0939. The van der Waals surface area contributed by atoms with Crippen LogP contribution in [-0.2, 0) is 20.7 Å². The van der Waals surface area contributed by atoms with Gasteiger partial charge in [0.25, 0.3) is 0 Å². The Morgan fingerprint density at radius 3 is 2.30 bits per heavy atom. The Morgan fingerprint density at radius 1 is 1.20 bits per heavy atom. The number of ether oxygens (including phenoxy) is 1. The van der Waals surface area contributed by atoms with E-state index < -0.39 is 24.1 Å². The normalized spacial score (nSPS) is 13.8. The molecule has 0 saturated heterocycles. The molecule has 0 amide bonds. The van der Waals surface area contributed by atoms with Crippen LogP contribution < -0.4 is 5.32 Å². The molecule has 0 spiro atoms. The molecule has 0 bridgehead atoms. The first-order valence-corrected chi connectivity index (χ1v) is 6.63. The second-order valence-corrected chi connectivity index (χ2v) is 4.98. The summed E-state index contributed by atoms with van der Waals surface area (Å²) in [5.74, 6) is -1.70. The number of hydrogen-bond acceptors (Lipinski definition) is 4. The van der Waals surface area contributed by atoms with Crippen molar-refractivity contribution >= 4 is 11.9 Å². The zero-order valence-electron chi connectivity index (χ0n) is 12.0. The van der Waals surface area contributed by atoms with E-state index in [1.807, 2.05) is 44.2 Å². The zero-order chi connectivity index (χ0) is 15.1. The average molecular weight is 279 g/mol. The van der Waals surface area contributed by atoms with Gasteiger partial charge in [0.2, 0.25) is 0 Å².